The Hall–Kier alpha value is -2.75. The third-order valence-corrected chi connectivity index (χ3v) is 3.50. The number of rotatable bonds is 2. The monoisotopic (exact) mass is 282 g/mol. The Balaban J connectivity index is 2.20. The number of fused-ring (bicyclic) bond motifs is 1. The fourth-order valence-corrected chi connectivity index (χ4v) is 2.27. The molecule has 0 spiro atoms. The lowest BCUT2D eigenvalue weighted by atomic mass is 10.0. The highest BCUT2D eigenvalue weighted by molar-refractivity contribution is 5.84. The Labute approximate surface area is 120 Å². The van der Waals surface area contributed by atoms with Crippen LogP contribution < -0.4 is 5.63 Å². The molecule has 3 aromatic rings. The minimum absolute atomic E-state index is 0.240. The lowest BCUT2D eigenvalue weighted by molar-refractivity contribution is 0.403. The third kappa shape index (κ3) is 2.36. The molecule has 0 unspecified atom stereocenters. The minimum Gasteiger partial charge on any atom is -0.504 e. The van der Waals surface area contributed by atoms with Gasteiger partial charge in [-0.2, -0.15) is 0 Å². The molecule has 0 saturated carbocycles. The van der Waals surface area contributed by atoms with E-state index in [1.54, 1.807) is 6.07 Å². The fraction of sp³-hybridized carbons (Fsp3) is 0.118. The SMILES string of the molecule is CCc1ccc(-c2cc3cc(O)c(O)cc3oc2=O)cc1. The number of hydrogen-bond acceptors (Lipinski definition) is 4. The van der Waals surface area contributed by atoms with Crippen LogP contribution in [0.4, 0.5) is 0 Å². The topological polar surface area (TPSA) is 70.7 Å². The van der Waals surface area contributed by atoms with Crippen LogP contribution in [-0.4, -0.2) is 10.2 Å². The minimum atomic E-state index is -0.475. The van der Waals surface area contributed by atoms with E-state index in [2.05, 4.69) is 6.92 Å². The van der Waals surface area contributed by atoms with E-state index in [1.807, 2.05) is 24.3 Å². The van der Waals surface area contributed by atoms with E-state index in [1.165, 1.54) is 17.7 Å². The van der Waals surface area contributed by atoms with E-state index in [0.717, 1.165) is 12.0 Å². The molecule has 0 aliphatic carbocycles. The molecule has 1 heterocycles. The molecule has 3 rings (SSSR count). The largest absolute Gasteiger partial charge is 0.504 e. The average molecular weight is 282 g/mol. The molecular weight excluding hydrogens is 268 g/mol. The van der Waals surface area contributed by atoms with Crippen molar-refractivity contribution in [2.75, 3.05) is 0 Å². The first kappa shape index (κ1) is 13.2. The zero-order valence-corrected chi connectivity index (χ0v) is 11.5. The summed E-state index contributed by atoms with van der Waals surface area (Å²) in [4.78, 5) is 12.1. The highest BCUT2D eigenvalue weighted by atomic mass is 16.4. The quantitative estimate of drug-likeness (QED) is 0.558. The van der Waals surface area contributed by atoms with Gasteiger partial charge in [0.15, 0.2) is 11.5 Å². The molecule has 0 aliphatic heterocycles. The van der Waals surface area contributed by atoms with Crippen molar-refractivity contribution >= 4 is 11.0 Å². The van der Waals surface area contributed by atoms with E-state index in [0.29, 0.717) is 10.9 Å². The summed E-state index contributed by atoms with van der Waals surface area (Å²) in [7, 11) is 0. The van der Waals surface area contributed by atoms with Gasteiger partial charge in [0, 0.05) is 11.5 Å². The van der Waals surface area contributed by atoms with Gasteiger partial charge in [-0.25, -0.2) is 4.79 Å². The molecule has 0 amide bonds. The van der Waals surface area contributed by atoms with E-state index in [9.17, 15) is 15.0 Å². The molecule has 4 nitrogen and oxygen atoms in total. The highest BCUT2D eigenvalue weighted by Gasteiger charge is 2.10. The first-order chi connectivity index (χ1) is 10.1. The van der Waals surface area contributed by atoms with E-state index in [4.69, 9.17) is 4.42 Å². The van der Waals surface area contributed by atoms with Crippen molar-refractivity contribution in [3.63, 3.8) is 0 Å². The molecule has 0 bridgehead atoms. The molecule has 1 aromatic heterocycles. The first-order valence-electron chi connectivity index (χ1n) is 6.67. The maximum absolute atomic E-state index is 12.1. The van der Waals surface area contributed by atoms with E-state index in [-0.39, 0.29) is 17.1 Å². The number of aryl methyl sites for hydroxylation is 1. The number of benzene rings is 2. The van der Waals surface area contributed by atoms with Gasteiger partial charge in [-0.1, -0.05) is 31.2 Å². The Morgan fingerprint density at radius 1 is 1.00 bits per heavy atom. The van der Waals surface area contributed by atoms with Crippen LogP contribution in [0.5, 0.6) is 11.5 Å². The maximum Gasteiger partial charge on any atom is 0.344 e. The van der Waals surface area contributed by atoms with Gasteiger partial charge in [-0.3, -0.25) is 0 Å². The standard InChI is InChI=1S/C17H14O4/c1-2-10-3-5-11(6-4-10)13-7-12-8-14(18)15(19)9-16(12)21-17(13)20/h3-9,18-19H,2H2,1H3. The molecule has 0 saturated heterocycles. The van der Waals surface area contributed by atoms with Crippen LogP contribution in [0.1, 0.15) is 12.5 Å². The van der Waals surface area contributed by atoms with Crippen LogP contribution in [0.15, 0.2) is 51.7 Å². The van der Waals surface area contributed by atoms with Crippen molar-refractivity contribution in [3.8, 4) is 22.6 Å². The third-order valence-electron chi connectivity index (χ3n) is 3.50. The Kier molecular flexibility index (Phi) is 3.14. The lowest BCUT2D eigenvalue weighted by Gasteiger charge is -2.05. The van der Waals surface area contributed by atoms with Crippen LogP contribution in [0, 0.1) is 0 Å². The van der Waals surface area contributed by atoms with Crippen LogP contribution >= 0.6 is 0 Å². The van der Waals surface area contributed by atoms with Crippen LogP contribution in [0.25, 0.3) is 22.1 Å². The number of phenols is 2. The van der Waals surface area contributed by atoms with Crippen molar-refractivity contribution in [1.82, 2.24) is 0 Å². The Morgan fingerprint density at radius 2 is 1.67 bits per heavy atom. The summed E-state index contributed by atoms with van der Waals surface area (Å²) in [5.41, 5.74) is 2.14. The predicted octanol–water partition coefficient (Wildman–Crippen LogP) is 3.43. The second kappa shape index (κ2) is 4.98. The molecule has 0 fully saturated rings. The van der Waals surface area contributed by atoms with Crippen molar-refractivity contribution in [2.24, 2.45) is 0 Å². The average Bonchev–Trinajstić information content (AvgIpc) is 2.49. The van der Waals surface area contributed by atoms with Gasteiger partial charge in [0.05, 0.1) is 5.56 Å². The summed E-state index contributed by atoms with van der Waals surface area (Å²) in [5, 5.41) is 19.5. The van der Waals surface area contributed by atoms with E-state index >= 15 is 0 Å². The van der Waals surface area contributed by atoms with Gasteiger partial charge in [0.1, 0.15) is 5.58 Å². The van der Waals surface area contributed by atoms with Gasteiger partial charge < -0.3 is 14.6 Å². The summed E-state index contributed by atoms with van der Waals surface area (Å²) in [6.45, 7) is 2.06. The predicted molar refractivity (Wildman–Crippen MR) is 80.6 cm³/mol. The molecular formula is C17H14O4. The van der Waals surface area contributed by atoms with E-state index < -0.39 is 5.63 Å². The van der Waals surface area contributed by atoms with Gasteiger partial charge >= 0.3 is 5.63 Å². The van der Waals surface area contributed by atoms with Crippen molar-refractivity contribution < 1.29 is 14.6 Å². The van der Waals surface area contributed by atoms with Crippen LogP contribution in [0.2, 0.25) is 0 Å². The van der Waals surface area contributed by atoms with Crippen molar-refractivity contribution in [3.05, 3.63) is 58.4 Å². The maximum atomic E-state index is 12.1. The number of aromatic hydroxyl groups is 2. The first-order valence-corrected chi connectivity index (χ1v) is 6.67. The van der Waals surface area contributed by atoms with Gasteiger partial charge in [0.25, 0.3) is 0 Å². The van der Waals surface area contributed by atoms with Crippen molar-refractivity contribution in [2.45, 2.75) is 13.3 Å². The Morgan fingerprint density at radius 3 is 2.33 bits per heavy atom. The molecule has 0 atom stereocenters. The summed E-state index contributed by atoms with van der Waals surface area (Å²) in [5.74, 6) is -0.561. The fourth-order valence-electron chi connectivity index (χ4n) is 2.27. The molecule has 0 radical (unpaired) electrons. The molecule has 0 aliphatic rings. The smallest absolute Gasteiger partial charge is 0.344 e. The molecule has 4 heteroatoms. The zero-order chi connectivity index (χ0) is 15.0. The summed E-state index contributed by atoms with van der Waals surface area (Å²) in [6, 6.07) is 11.9. The molecule has 2 aromatic carbocycles. The lowest BCUT2D eigenvalue weighted by Crippen LogP contribution is -2.02. The second-order valence-corrected chi connectivity index (χ2v) is 4.88. The molecule has 21 heavy (non-hydrogen) atoms. The summed E-state index contributed by atoms with van der Waals surface area (Å²) in [6.07, 6.45) is 0.930. The normalized spacial score (nSPS) is 10.9. The van der Waals surface area contributed by atoms with Crippen LogP contribution in [0.3, 0.4) is 0 Å². The number of hydrogen-bond donors (Lipinski definition) is 2. The highest BCUT2D eigenvalue weighted by Crippen LogP contribution is 2.31. The van der Waals surface area contributed by atoms with Crippen molar-refractivity contribution in [1.29, 1.82) is 0 Å². The van der Waals surface area contributed by atoms with Gasteiger partial charge in [-0.15, -0.1) is 0 Å². The second-order valence-electron chi connectivity index (χ2n) is 4.88. The van der Waals surface area contributed by atoms with Crippen LogP contribution in [-0.2, 0) is 6.42 Å². The van der Waals surface area contributed by atoms with Gasteiger partial charge in [-0.05, 0) is 29.7 Å². The Bertz CT molecular complexity index is 860. The summed E-state index contributed by atoms with van der Waals surface area (Å²) >= 11 is 0. The molecule has 106 valence electrons. The zero-order valence-electron chi connectivity index (χ0n) is 11.5. The number of phenolic OH excluding ortho intramolecular Hbond substituents is 2. The summed E-state index contributed by atoms with van der Waals surface area (Å²) < 4.78 is 5.21. The van der Waals surface area contributed by atoms with Gasteiger partial charge in [0.2, 0.25) is 0 Å². The molecule has 2 N–H and O–H groups in total.